The van der Waals surface area contributed by atoms with Crippen LogP contribution < -0.4 is 5.32 Å². The first-order valence-corrected chi connectivity index (χ1v) is 5.93. The van der Waals surface area contributed by atoms with Crippen molar-refractivity contribution in [3.05, 3.63) is 33.9 Å². The highest BCUT2D eigenvalue weighted by molar-refractivity contribution is 5.40. The van der Waals surface area contributed by atoms with E-state index in [9.17, 15) is 15.2 Å². The Balaban J connectivity index is 2.10. The van der Waals surface area contributed by atoms with E-state index in [2.05, 4.69) is 5.32 Å². The summed E-state index contributed by atoms with van der Waals surface area (Å²) in [6.45, 7) is 1.51. The lowest BCUT2D eigenvalue weighted by Gasteiger charge is -2.05. The summed E-state index contributed by atoms with van der Waals surface area (Å²) in [5, 5.41) is 31.7. The molecule has 0 unspecified atom stereocenters. The van der Waals surface area contributed by atoms with E-state index in [4.69, 9.17) is 5.11 Å². The van der Waals surface area contributed by atoms with Crippen LogP contribution in [-0.2, 0) is 6.42 Å². The minimum Gasteiger partial charge on any atom is -0.504 e. The summed E-state index contributed by atoms with van der Waals surface area (Å²) in [6, 6.07) is 4.75. The maximum absolute atomic E-state index is 10.1. The zero-order chi connectivity index (χ0) is 13.4. The molecular weight excluding hydrogens is 236 g/mol. The van der Waals surface area contributed by atoms with Gasteiger partial charge in [-0.3, -0.25) is 10.1 Å². The molecule has 0 heterocycles. The molecule has 0 saturated heterocycles. The van der Waals surface area contributed by atoms with Crippen molar-refractivity contribution in [2.24, 2.45) is 0 Å². The second-order valence-corrected chi connectivity index (χ2v) is 4.09. The van der Waals surface area contributed by atoms with Gasteiger partial charge in [-0.25, -0.2) is 0 Å². The monoisotopic (exact) mass is 254 g/mol. The van der Waals surface area contributed by atoms with E-state index in [0.29, 0.717) is 6.42 Å². The number of nitro groups is 1. The van der Waals surface area contributed by atoms with Gasteiger partial charge in [-0.2, -0.15) is 0 Å². The zero-order valence-corrected chi connectivity index (χ0v) is 10.1. The fourth-order valence-corrected chi connectivity index (χ4v) is 1.57. The number of aromatic hydroxyl groups is 2. The van der Waals surface area contributed by atoms with Crippen molar-refractivity contribution >= 4 is 0 Å². The molecule has 0 atom stereocenters. The lowest BCUT2D eigenvalue weighted by Crippen LogP contribution is -2.19. The van der Waals surface area contributed by atoms with Gasteiger partial charge in [-0.05, 0) is 43.6 Å². The fraction of sp³-hybridized carbons (Fsp3) is 0.500. The van der Waals surface area contributed by atoms with E-state index >= 15 is 0 Å². The van der Waals surface area contributed by atoms with Crippen LogP contribution in [-0.4, -0.2) is 34.8 Å². The van der Waals surface area contributed by atoms with Crippen LogP contribution in [0.15, 0.2) is 18.2 Å². The van der Waals surface area contributed by atoms with Gasteiger partial charge in [-0.1, -0.05) is 6.07 Å². The topological polar surface area (TPSA) is 95.6 Å². The fourth-order valence-electron chi connectivity index (χ4n) is 1.57. The summed E-state index contributed by atoms with van der Waals surface area (Å²) in [5.74, 6) is -0.232. The highest BCUT2D eigenvalue weighted by atomic mass is 16.6. The quantitative estimate of drug-likeness (QED) is 0.281. The number of rotatable bonds is 8. The minimum absolute atomic E-state index is 0.0213. The van der Waals surface area contributed by atoms with Gasteiger partial charge in [0.2, 0.25) is 6.54 Å². The Morgan fingerprint density at radius 2 is 1.94 bits per heavy atom. The third kappa shape index (κ3) is 5.49. The van der Waals surface area contributed by atoms with E-state index in [1.54, 1.807) is 6.07 Å². The molecule has 3 N–H and O–H groups in total. The van der Waals surface area contributed by atoms with Crippen molar-refractivity contribution in [3.63, 3.8) is 0 Å². The number of benzene rings is 1. The number of nitrogens with one attached hydrogen (secondary N) is 1. The van der Waals surface area contributed by atoms with Crippen LogP contribution >= 0.6 is 0 Å². The number of unbranched alkanes of at least 4 members (excludes halogenated alkanes) is 1. The molecule has 0 aliphatic carbocycles. The first-order valence-electron chi connectivity index (χ1n) is 5.93. The number of hydrogen-bond acceptors (Lipinski definition) is 5. The van der Waals surface area contributed by atoms with Gasteiger partial charge in [-0.15, -0.1) is 0 Å². The van der Waals surface area contributed by atoms with Crippen molar-refractivity contribution in [2.45, 2.75) is 19.3 Å². The Bertz CT molecular complexity index is 396. The highest BCUT2D eigenvalue weighted by Gasteiger charge is 2.00. The Morgan fingerprint density at radius 1 is 1.17 bits per heavy atom. The molecule has 0 spiro atoms. The Morgan fingerprint density at radius 3 is 2.61 bits per heavy atom. The van der Waals surface area contributed by atoms with Crippen molar-refractivity contribution in [2.75, 3.05) is 19.6 Å². The average molecular weight is 254 g/mol. The number of hydrogen-bond donors (Lipinski definition) is 3. The molecule has 18 heavy (non-hydrogen) atoms. The maximum Gasteiger partial charge on any atom is 0.203 e. The molecule has 0 bridgehead atoms. The Kier molecular flexibility index (Phi) is 5.93. The van der Waals surface area contributed by atoms with Gasteiger partial charge >= 0.3 is 0 Å². The van der Waals surface area contributed by atoms with E-state index in [1.165, 1.54) is 12.1 Å². The average Bonchev–Trinajstić information content (AvgIpc) is 2.32. The lowest BCUT2D eigenvalue weighted by atomic mass is 10.1. The van der Waals surface area contributed by atoms with Crippen LogP contribution in [0.1, 0.15) is 18.4 Å². The molecular formula is C12H18N2O4. The predicted molar refractivity (Wildman–Crippen MR) is 67.4 cm³/mol. The van der Waals surface area contributed by atoms with Crippen LogP contribution in [0.3, 0.4) is 0 Å². The van der Waals surface area contributed by atoms with E-state index in [1.807, 2.05) is 0 Å². The zero-order valence-electron chi connectivity index (χ0n) is 10.1. The van der Waals surface area contributed by atoms with Gasteiger partial charge in [0.05, 0.1) is 0 Å². The molecule has 6 nitrogen and oxygen atoms in total. The van der Waals surface area contributed by atoms with E-state index in [-0.39, 0.29) is 23.0 Å². The minimum atomic E-state index is -0.306. The summed E-state index contributed by atoms with van der Waals surface area (Å²) in [7, 11) is 0. The number of nitrogens with zero attached hydrogens (tertiary/aromatic N) is 1. The van der Waals surface area contributed by atoms with Crippen molar-refractivity contribution in [1.82, 2.24) is 5.32 Å². The maximum atomic E-state index is 10.1. The highest BCUT2D eigenvalue weighted by Crippen LogP contribution is 2.24. The summed E-state index contributed by atoms with van der Waals surface area (Å²) in [6.07, 6.45) is 2.10. The Hall–Kier alpha value is -1.82. The molecule has 0 aromatic heterocycles. The van der Waals surface area contributed by atoms with Crippen LogP contribution in [0.4, 0.5) is 0 Å². The third-order valence-electron chi connectivity index (χ3n) is 2.57. The third-order valence-corrected chi connectivity index (χ3v) is 2.57. The predicted octanol–water partition coefficient (Wildman–Crippen LogP) is 1.29. The van der Waals surface area contributed by atoms with E-state index < -0.39 is 0 Å². The number of phenols is 2. The molecule has 100 valence electrons. The summed E-state index contributed by atoms with van der Waals surface area (Å²) < 4.78 is 0. The smallest absolute Gasteiger partial charge is 0.203 e. The van der Waals surface area contributed by atoms with Crippen molar-refractivity contribution in [1.29, 1.82) is 0 Å². The molecule has 0 saturated carbocycles. The molecule has 0 fully saturated rings. The molecule has 1 rings (SSSR count). The molecule has 0 radical (unpaired) electrons. The SMILES string of the molecule is O=[N+]([O-])CCCCNCCc1ccc(O)c(O)c1. The standard InChI is InChI=1S/C12H18N2O4/c15-11-4-3-10(9-12(11)16)5-7-13-6-1-2-8-14(17)18/h3-4,9,13,15-16H,1-2,5-8H2. The second kappa shape index (κ2) is 7.50. The Labute approximate surface area is 105 Å². The van der Waals surface area contributed by atoms with Crippen molar-refractivity contribution in [3.8, 4) is 11.5 Å². The van der Waals surface area contributed by atoms with Crippen LogP contribution in [0.2, 0.25) is 0 Å². The van der Waals surface area contributed by atoms with Crippen LogP contribution in [0, 0.1) is 10.1 Å². The van der Waals surface area contributed by atoms with Crippen molar-refractivity contribution < 1.29 is 15.1 Å². The molecule has 0 aliphatic rings. The summed E-state index contributed by atoms with van der Waals surface area (Å²) in [5.41, 5.74) is 0.933. The normalized spacial score (nSPS) is 10.4. The number of phenolic OH excluding ortho intramolecular Hbond substituents is 2. The first-order chi connectivity index (χ1) is 8.59. The largest absolute Gasteiger partial charge is 0.504 e. The van der Waals surface area contributed by atoms with Crippen LogP contribution in [0.25, 0.3) is 0 Å². The molecule has 6 heteroatoms. The molecule has 1 aromatic rings. The van der Waals surface area contributed by atoms with Gasteiger partial charge in [0.1, 0.15) is 0 Å². The van der Waals surface area contributed by atoms with Gasteiger partial charge < -0.3 is 15.5 Å². The first kappa shape index (κ1) is 14.2. The van der Waals surface area contributed by atoms with Gasteiger partial charge in [0, 0.05) is 11.3 Å². The van der Waals surface area contributed by atoms with Crippen LogP contribution in [0.5, 0.6) is 11.5 Å². The molecule has 1 aromatic carbocycles. The second-order valence-electron chi connectivity index (χ2n) is 4.09. The van der Waals surface area contributed by atoms with Gasteiger partial charge in [0.15, 0.2) is 11.5 Å². The molecule has 0 aliphatic heterocycles. The lowest BCUT2D eigenvalue weighted by molar-refractivity contribution is -0.480. The summed E-state index contributed by atoms with van der Waals surface area (Å²) in [4.78, 5) is 9.77. The van der Waals surface area contributed by atoms with E-state index in [0.717, 1.165) is 31.5 Å². The summed E-state index contributed by atoms with van der Waals surface area (Å²) >= 11 is 0. The van der Waals surface area contributed by atoms with Gasteiger partial charge in [0.25, 0.3) is 0 Å². The molecule has 0 amide bonds.